The minimum absolute atomic E-state index is 0.214. The number of anilines is 1. The van der Waals surface area contributed by atoms with Gasteiger partial charge in [-0.25, -0.2) is 0 Å². The Bertz CT molecular complexity index is 303. The summed E-state index contributed by atoms with van der Waals surface area (Å²) in [5.74, 6) is 0. The smallest absolute Gasteiger partial charge is 0.104 e. The second-order valence-corrected chi connectivity index (χ2v) is 5.76. The van der Waals surface area contributed by atoms with Crippen molar-refractivity contribution in [1.29, 1.82) is 0 Å². The molecule has 1 aromatic rings. The molecule has 0 spiro atoms. The average Bonchev–Trinajstić information content (AvgIpc) is 2.15. The van der Waals surface area contributed by atoms with Crippen LogP contribution in [-0.2, 0) is 4.84 Å². The van der Waals surface area contributed by atoms with Crippen molar-refractivity contribution in [2.45, 2.75) is 38.0 Å². The van der Waals surface area contributed by atoms with E-state index in [2.05, 4.69) is 18.1 Å². The molecule has 0 saturated carbocycles. The minimum Gasteiger partial charge on any atom is -0.269 e. The molecule has 1 N–H and O–H groups in total. The van der Waals surface area contributed by atoms with Gasteiger partial charge in [0.15, 0.2) is 0 Å². The van der Waals surface area contributed by atoms with E-state index in [4.69, 9.17) is 4.84 Å². The Balaban J connectivity index is 2.58. The second kappa shape index (κ2) is 4.45. The van der Waals surface area contributed by atoms with Crippen molar-refractivity contribution in [3.05, 3.63) is 30.3 Å². The van der Waals surface area contributed by atoms with Gasteiger partial charge in [0.2, 0.25) is 0 Å². The predicted molar refractivity (Wildman–Crippen MR) is 68.3 cm³/mol. The number of hydrogen-bond donors (Lipinski definition) is 2. The zero-order valence-electron chi connectivity index (χ0n) is 9.74. The fourth-order valence-corrected chi connectivity index (χ4v) is 0.863. The van der Waals surface area contributed by atoms with Crippen molar-refractivity contribution in [3.63, 3.8) is 0 Å². The molecule has 0 heterocycles. The van der Waals surface area contributed by atoms with E-state index in [0.717, 1.165) is 5.69 Å². The SMILES string of the molecule is CC(C)(S)C(C)(C)ONc1ccccc1. The van der Waals surface area contributed by atoms with E-state index in [1.54, 1.807) is 0 Å². The first-order valence-electron chi connectivity index (χ1n) is 5.04. The van der Waals surface area contributed by atoms with E-state index in [9.17, 15) is 0 Å². The molecule has 0 saturated heterocycles. The summed E-state index contributed by atoms with van der Waals surface area (Å²) in [6.07, 6.45) is 0. The Hall–Kier alpha value is -0.670. The molecule has 0 atom stereocenters. The van der Waals surface area contributed by atoms with Crippen molar-refractivity contribution in [2.75, 3.05) is 5.48 Å². The van der Waals surface area contributed by atoms with Crippen LogP contribution in [0.5, 0.6) is 0 Å². The molecule has 0 bridgehead atoms. The molecule has 0 aliphatic rings. The summed E-state index contributed by atoms with van der Waals surface area (Å²) < 4.78 is -0.214. The second-order valence-electron chi connectivity index (χ2n) is 4.64. The van der Waals surface area contributed by atoms with Crippen LogP contribution < -0.4 is 5.48 Å². The van der Waals surface area contributed by atoms with Crippen molar-refractivity contribution >= 4 is 18.3 Å². The van der Waals surface area contributed by atoms with E-state index in [-0.39, 0.29) is 10.3 Å². The van der Waals surface area contributed by atoms with Gasteiger partial charge in [0.05, 0.1) is 5.69 Å². The number of benzene rings is 1. The first kappa shape index (κ1) is 12.4. The van der Waals surface area contributed by atoms with Gasteiger partial charge in [0, 0.05) is 4.75 Å². The number of para-hydroxylation sites is 1. The number of nitrogens with one attached hydrogen (secondary N) is 1. The molecule has 15 heavy (non-hydrogen) atoms. The lowest BCUT2D eigenvalue weighted by Gasteiger charge is -2.36. The molecule has 0 aromatic heterocycles. The molecule has 0 unspecified atom stereocenters. The Kier molecular flexibility index (Phi) is 3.68. The fraction of sp³-hybridized carbons (Fsp3) is 0.500. The number of rotatable bonds is 4. The van der Waals surface area contributed by atoms with Crippen LogP contribution in [0.15, 0.2) is 30.3 Å². The van der Waals surface area contributed by atoms with Gasteiger partial charge in [-0.05, 0) is 39.8 Å². The van der Waals surface area contributed by atoms with E-state index >= 15 is 0 Å². The predicted octanol–water partition coefficient (Wildman–Crippen LogP) is 3.52. The van der Waals surface area contributed by atoms with Crippen LogP contribution in [0.2, 0.25) is 0 Å². The van der Waals surface area contributed by atoms with Crippen LogP contribution in [0.1, 0.15) is 27.7 Å². The molecular formula is C12H19NOS. The Morgan fingerprint density at radius 1 is 1.07 bits per heavy atom. The molecule has 2 nitrogen and oxygen atoms in total. The summed E-state index contributed by atoms with van der Waals surface area (Å²) in [4.78, 5) is 5.65. The fourth-order valence-electron chi connectivity index (χ4n) is 0.818. The summed E-state index contributed by atoms with van der Waals surface area (Å²) in [7, 11) is 0. The lowest BCUT2D eigenvalue weighted by atomic mass is 9.94. The highest BCUT2D eigenvalue weighted by Gasteiger charge is 2.35. The molecule has 0 amide bonds. The maximum atomic E-state index is 5.65. The Morgan fingerprint density at radius 2 is 1.60 bits per heavy atom. The average molecular weight is 225 g/mol. The quantitative estimate of drug-likeness (QED) is 0.604. The van der Waals surface area contributed by atoms with Gasteiger partial charge < -0.3 is 0 Å². The van der Waals surface area contributed by atoms with Crippen molar-refractivity contribution < 1.29 is 4.84 Å². The molecule has 84 valence electrons. The van der Waals surface area contributed by atoms with Gasteiger partial charge >= 0.3 is 0 Å². The zero-order chi connectivity index (χ0) is 11.5. The topological polar surface area (TPSA) is 21.3 Å². The third-order valence-electron chi connectivity index (χ3n) is 2.67. The molecule has 3 heteroatoms. The van der Waals surface area contributed by atoms with Gasteiger partial charge in [0.25, 0.3) is 0 Å². The van der Waals surface area contributed by atoms with Crippen molar-refractivity contribution in [3.8, 4) is 0 Å². The van der Waals surface area contributed by atoms with Crippen molar-refractivity contribution in [1.82, 2.24) is 0 Å². The van der Waals surface area contributed by atoms with Gasteiger partial charge in [0.1, 0.15) is 5.60 Å². The third-order valence-corrected chi connectivity index (χ3v) is 3.21. The van der Waals surface area contributed by atoms with Crippen LogP contribution in [-0.4, -0.2) is 10.3 Å². The van der Waals surface area contributed by atoms with Crippen LogP contribution in [0.3, 0.4) is 0 Å². The summed E-state index contributed by atoms with van der Waals surface area (Å²) in [5.41, 5.74) is 3.53. The monoisotopic (exact) mass is 225 g/mol. The molecule has 0 aliphatic carbocycles. The van der Waals surface area contributed by atoms with Crippen molar-refractivity contribution in [2.24, 2.45) is 0 Å². The van der Waals surface area contributed by atoms with E-state index < -0.39 is 0 Å². The van der Waals surface area contributed by atoms with Gasteiger partial charge in [-0.15, -0.1) is 0 Å². The lowest BCUT2D eigenvalue weighted by molar-refractivity contribution is -0.00300. The third kappa shape index (κ3) is 3.43. The zero-order valence-corrected chi connectivity index (χ0v) is 10.6. The molecule has 1 rings (SSSR count). The van der Waals surface area contributed by atoms with Gasteiger partial charge in [-0.1, -0.05) is 18.2 Å². The Morgan fingerprint density at radius 3 is 2.07 bits per heavy atom. The minimum atomic E-state index is -0.355. The highest BCUT2D eigenvalue weighted by molar-refractivity contribution is 7.81. The first-order valence-corrected chi connectivity index (χ1v) is 5.49. The number of thiol groups is 1. The summed E-state index contributed by atoms with van der Waals surface area (Å²) in [6, 6.07) is 9.82. The normalized spacial score (nSPS) is 12.6. The first-order chi connectivity index (χ1) is 6.83. The van der Waals surface area contributed by atoms with Gasteiger partial charge in [-0.2, -0.15) is 12.6 Å². The summed E-state index contributed by atoms with van der Waals surface area (Å²) in [6.45, 7) is 8.08. The summed E-state index contributed by atoms with van der Waals surface area (Å²) in [5, 5.41) is 0. The number of hydrogen-bond acceptors (Lipinski definition) is 3. The van der Waals surface area contributed by atoms with Crippen LogP contribution in [0, 0.1) is 0 Å². The molecule has 0 aliphatic heterocycles. The van der Waals surface area contributed by atoms with E-state index in [0.29, 0.717) is 0 Å². The van der Waals surface area contributed by atoms with E-state index in [1.165, 1.54) is 0 Å². The van der Waals surface area contributed by atoms with Gasteiger partial charge in [-0.3, -0.25) is 10.3 Å². The molecule has 0 radical (unpaired) electrons. The highest BCUT2D eigenvalue weighted by Crippen LogP contribution is 2.31. The maximum absolute atomic E-state index is 5.65. The largest absolute Gasteiger partial charge is 0.269 e. The lowest BCUT2D eigenvalue weighted by Crippen LogP contribution is -2.44. The van der Waals surface area contributed by atoms with Crippen LogP contribution in [0.4, 0.5) is 5.69 Å². The molecular weight excluding hydrogens is 206 g/mol. The highest BCUT2D eigenvalue weighted by atomic mass is 32.1. The van der Waals surface area contributed by atoms with Crippen LogP contribution in [0.25, 0.3) is 0 Å². The standard InChI is InChI=1S/C12H19NOS/c1-11(2,12(3,4)15)14-13-10-8-6-5-7-9-10/h5-9,13,15H,1-4H3. The molecule has 1 aromatic carbocycles. The summed E-state index contributed by atoms with van der Waals surface area (Å²) >= 11 is 4.52. The Labute approximate surface area is 97.4 Å². The van der Waals surface area contributed by atoms with Crippen LogP contribution >= 0.6 is 12.6 Å². The molecule has 0 fully saturated rings. The van der Waals surface area contributed by atoms with E-state index in [1.807, 2.05) is 58.0 Å². The maximum Gasteiger partial charge on any atom is 0.104 e.